The minimum Gasteiger partial charge on any atom is -0.480 e. The molecule has 0 aromatic heterocycles. The minimum atomic E-state index is -0.753. The predicted molar refractivity (Wildman–Crippen MR) is 64.8 cm³/mol. The van der Waals surface area contributed by atoms with E-state index in [2.05, 4.69) is 5.32 Å². The number of carboxylic acids is 1. The fourth-order valence-electron chi connectivity index (χ4n) is 2.33. The molecule has 0 bridgehead atoms. The number of carbonyl (C=O) groups excluding carboxylic acids is 1. The van der Waals surface area contributed by atoms with Gasteiger partial charge in [0.25, 0.3) is 0 Å². The highest BCUT2D eigenvalue weighted by Gasteiger charge is 2.40. The van der Waals surface area contributed by atoms with Gasteiger partial charge in [0.1, 0.15) is 5.54 Å². The van der Waals surface area contributed by atoms with Crippen molar-refractivity contribution in [3.8, 4) is 0 Å². The lowest BCUT2D eigenvalue weighted by Gasteiger charge is -2.41. The number of amides is 1. The highest BCUT2D eigenvalue weighted by Crippen LogP contribution is 2.28. The van der Waals surface area contributed by atoms with E-state index in [9.17, 15) is 14.7 Å². The van der Waals surface area contributed by atoms with E-state index in [4.69, 9.17) is 0 Å². The molecule has 1 atom stereocenters. The summed E-state index contributed by atoms with van der Waals surface area (Å²) in [6.07, 6.45) is 3.88. The van der Waals surface area contributed by atoms with Crippen LogP contribution in [-0.4, -0.2) is 47.6 Å². The van der Waals surface area contributed by atoms with E-state index in [0.717, 1.165) is 19.4 Å². The Morgan fingerprint density at radius 1 is 1.41 bits per heavy atom. The van der Waals surface area contributed by atoms with Crippen LogP contribution in [0.15, 0.2) is 0 Å². The molecule has 1 rings (SSSR count). The van der Waals surface area contributed by atoms with E-state index in [1.807, 2.05) is 4.90 Å². The summed E-state index contributed by atoms with van der Waals surface area (Å²) in [5.74, 6) is -0.740. The second-order valence-corrected chi connectivity index (χ2v) is 4.80. The molecular formula is C12H22N2O3. The monoisotopic (exact) mass is 242 g/mol. The Kier molecular flexibility index (Phi) is 4.93. The Bertz CT molecular complexity index is 293. The molecule has 1 fully saturated rings. The number of carboxylic acid groups (broad SMARTS) is 1. The molecule has 0 aromatic carbocycles. The fourth-order valence-corrected chi connectivity index (χ4v) is 2.33. The third kappa shape index (κ3) is 3.43. The van der Waals surface area contributed by atoms with Crippen LogP contribution in [-0.2, 0) is 9.59 Å². The molecule has 17 heavy (non-hydrogen) atoms. The summed E-state index contributed by atoms with van der Waals surface area (Å²) < 4.78 is 0. The van der Waals surface area contributed by atoms with Gasteiger partial charge < -0.3 is 10.4 Å². The Balaban J connectivity index is 2.49. The van der Waals surface area contributed by atoms with Crippen molar-refractivity contribution in [3.05, 3.63) is 0 Å². The van der Waals surface area contributed by atoms with Crippen LogP contribution < -0.4 is 5.32 Å². The van der Waals surface area contributed by atoms with Crippen LogP contribution in [0.25, 0.3) is 0 Å². The molecule has 5 nitrogen and oxygen atoms in total. The average molecular weight is 242 g/mol. The van der Waals surface area contributed by atoms with Crippen LogP contribution in [0.3, 0.4) is 0 Å². The van der Waals surface area contributed by atoms with Gasteiger partial charge in [0, 0.05) is 13.5 Å². The zero-order chi connectivity index (χ0) is 12.9. The molecule has 0 aromatic rings. The van der Waals surface area contributed by atoms with Gasteiger partial charge in [-0.15, -0.1) is 0 Å². The first-order chi connectivity index (χ1) is 8.00. The first-order valence-electron chi connectivity index (χ1n) is 6.20. The highest BCUT2D eigenvalue weighted by molar-refractivity contribution is 5.78. The van der Waals surface area contributed by atoms with E-state index in [-0.39, 0.29) is 5.91 Å². The van der Waals surface area contributed by atoms with E-state index in [1.165, 1.54) is 0 Å². The molecule has 1 saturated heterocycles. The predicted octanol–water partition coefficient (Wildman–Crippen LogP) is 0.842. The van der Waals surface area contributed by atoms with Crippen molar-refractivity contribution in [2.75, 3.05) is 20.1 Å². The van der Waals surface area contributed by atoms with Gasteiger partial charge in [0.2, 0.25) is 5.91 Å². The van der Waals surface area contributed by atoms with Crippen LogP contribution in [0.5, 0.6) is 0 Å². The molecule has 5 heteroatoms. The average Bonchev–Trinajstić information content (AvgIpc) is 2.31. The van der Waals surface area contributed by atoms with Crippen LogP contribution >= 0.6 is 0 Å². The molecule has 2 N–H and O–H groups in total. The zero-order valence-electron chi connectivity index (χ0n) is 10.7. The molecule has 98 valence electrons. The molecular weight excluding hydrogens is 220 g/mol. The van der Waals surface area contributed by atoms with Crippen LogP contribution in [0, 0.1) is 0 Å². The lowest BCUT2D eigenvalue weighted by atomic mass is 9.88. The Morgan fingerprint density at radius 2 is 2.12 bits per heavy atom. The zero-order valence-corrected chi connectivity index (χ0v) is 10.7. The molecule has 1 heterocycles. The Labute approximate surface area is 102 Å². The second-order valence-electron chi connectivity index (χ2n) is 4.80. The number of hydrogen-bond acceptors (Lipinski definition) is 3. The summed E-state index contributed by atoms with van der Waals surface area (Å²) in [6, 6.07) is 0. The normalized spacial score (nSPS) is 25.5. The molecule has 1 amide bonds. The highest BCUT2D eigenvalue weighted by atomic mass is 16.4. The lowest BCUT2D eigenvalue weighted by molar-refractivity contribution is -0.152. The van der Waals surface area contributed by atoms with E-state index in [1.54, 1.807) is 14.0 Å². The fraction of sp³-hybridized carbons (Fsp3) is 0.833. The SMILES string of the molecule is CNC(=O)CCCN1CCCCC1(C)C(=O)O. The van der Waals surface area contributed by atoms with Gasteiger partial charge in [-0.1, -0.05) is 0 Å². The van der Waals surface area contributed by atoms with Crippen molar-refractivity contribution in [3.63, 3.8) is 0 Å². The quantitative estimate of drug-likeness (QED) is 0.749. The second kappa shape index (κ2) is 6.00. The third-order valence-electron chi connectivity index (χ3n) is 3.61. The first kappa shape index (κ1) is 14.0. The Hall–Kier alpha value is -1.10. The number of rotatable bonds is 5. The van der Waals surface area contributed by atoms with Gasteiger partial charge in [-0.2, -0.15) is 0 Å². The van der Waals surface area contributed by atoms with Crippen LogP contribution in [0.1, 0.15) is 39.0 Å². The van der Waals surface area contributed by atoms with Gasteiger partial charge in [-0.25, -0.2) is 0 Å². The number of nitrogens with one attached hydrogen (secondary N) is 1. The molecule has 0 aliphatic carbocycles. The number of nitrogens with zero attached hydrogens (tertiary/aromatic N) is 1. The summed E-state index contributed by atoms with van der Waals surface area (Å²) in [5, 5.41) is 11.9. The van der Waals surface area contributed by atoms with Crippen molar-refractivity contribution >= 4 is 11.9 Å². The number of hydrogen-bond donors (Lipinski definition) is 2. The molecule has 0 saturated carbocycles. The number of likely N-dealkylation sites (tertiary alicyclic amines) is 1. The molecule has 1 aliphatic rings. The standard InChI is InChI=1S/C12H22N2O3/c1-12(11(16)17)7-3-4-8-14(12)9-5-6-10(15)13-2/h3-9H2,1-2H3,(H,13,15)(H,16,17). The largest absolute Gasteiger partial charge is 0.480 e. The van der Waals surface area contributed by atoms with Gasteiger partial charge in [-0.3, -0.25) is 14.5 Å². The third-order valence-corrected chi connectivity index (χ3v) is 3.61. The number of aliphatic carboxylic acids is 1. The molecule has 1 aliphatic heterocycles. The summed E-state index contributed by atoms with van der Waals surface area (Å²) >= 11 is 0. The molecule has 0 radical (unpaired) electrons. The topological polar surface area (TPSA) is 69.6 Å². The van der Waals surface area contributed by atoms with Crippen molar-refractivity contribution in [2.24, 2.45) is 0 Å². The number of piperidine rings is 1. The summed E-state index contributed by atoms with van der Waals surface area (Å²) in [6.45, 7) is 3.28. The van der Waals surface area contributed by atoms with Gasteiger partial charge in [-0.05, 0) is 45.7 Å². The van der Waals surface area contributed by atoms with Gasteiger partial charge in [0.15, 0.2) is 0 Å². The van der Waals surface area contributed by atoms with Crippen molar-refractivity contribution in [2.45, 2.75) is 44.6 Å². The van der Waals surface area contributed by atoms with Crippen molar-refractivity contribution < 1.29 is 14.7 Å². The lowest BCUT2D eigenvalue weighted by Crippen LogP contribution is -2.55. The van der Waals surface area contributed by atoms with E-state index in [0.29, 0.717) is 25.8 Å². The molecule has 1 unspecified atom stereocenters. The minimum absolute atomic E-state index is 0.0130. The van der Waals surface area contributed by atoms with E-state index < -0.39 is 11.5 Å². The maximum Gasteiger partial charge on any atom is 0.323 e. The molecule has 0 spiro atoms. The first-order valence-corrected chi connectivity index (χ1v) is 6.20. The maximum absolute atomic E-state index is 11.3. The summed E-state index contributed by atoms with van der Waals surface area (Å²) in [4.78, 5) is 24.4. The van der Waals surface area contributed by atoms with Crippen LogP contribution in [0.4, 0.5) is 0 Å². The van der Waals surface area contributed by atoms with Gasteiger partial charge in [0.05, 0.1) is 0 Å². The van der Waals surface area contributed by atoms with Crippen molar-refractivity contribution in [1.29, 1.82) is 0 Å². The van der Waals surface area contributed by atoms with Crippen LogP contribution in [0.2, 0.25) is 0 Å². The summed E-state index contributed by atoms with van der Waals surface area (Å²) in [5.41, 5.74) is -0.749. The van der Waals surface area contributed by atoms with Gasteiger partial charge >= 0.3 is 5.97 Å². The smallest absolute Gasteiger partial charge is 0.323 e. The van der Waals surface area contributed by atoms with Crippen molar-refractivity contribution in [1.82, 2.24) is 10.2 Å². The van der Waals surface area contributed by atoms with E-state index >= 15 is 0 Å². The Morgan fingerprint density at radius 3 is 2.71 bits per heavy atom. The number of carbonyl (C=O) groups is 2. The maximum atomic E-state index is 11.3. The summed E-state index contributed by atoms with van der Waals surface area (Å²) in [7, 11) is 1.62.